The summed E-state index contributed by atoms with van der Waals surface area (Å²) in [5, 5.41) is 6.15. The molecule has 3 unspecified atom stereocenters. The van der Waals surface area contributed by atoms with Crippen LogP contribution in [0.1, 0.15) is 57.6 Å². The lowest BCUT2D eigenvalue weighted by atomic mass is 9.71. The summed E-state index contributed by atoms with van der Waals surface area (Å²) in [6.07, 6.45) is 3.58. The van der Waals surface area contributed by atoms with Crippen LogP contribution < -0.4 is 15.5 Å². The third-order valence-corrected chi connectivity index (χ3v) is 5.98. The van der Waals surface area contributed by atoms with E-state index in [1.807, 2.05) is 18.2 Å². The third-order valence-electron chi connectivity index (χ3n) is 5.98. The molecule has 2 aliphatic rings. The smallest absolute Gasteiger partial charge is 0.315 e. The molecule has 1 aliphatic carbocycles. The van der Waals surface area contributed by atoms with Gasteiger partial charge in [0.05, 0.1) is 6.04 Å². The van der Waals surface area contributed by atoms with Crippen LogP contribution in [-0.4, -0.2) is 30.6 Å². The SMILES string of the molecule is Cc1ccc(N2CC(NC(=O)NC3CC(C)CC(C)(C)C3)CC2=O)cc1C. The van der Waals surface area contributed by atoms with Gasteiger partial charge in [0.1, 0.15) is 0 Å². The zero-order chi connectivity index (χ0) is 19.8. The zero-order valence-corrected chi connectivity index (χ0v) is 17.3. The molecule has 3 rings (SSSR count). The van der Waals surface area contributed by atoms with E-state index in [0.29, 0.717) is 18.9 Å². The van der Waals surface area contributed by atoms with Crippen LogP contribution in [0.15, 0.2) is 18.2 Å². The average molecular weight is 372 g/mol. The molecule has 0 spiro atoms. The van der Waals surface area contributed by atoms with Gasteiger partial charge in [0.2, 0.25) is 5.91 Å². The molecule has 3 atom stereocenters. The van der Waals surface area contributed by atoms with Gasteiger partial charge in [0.15, 0.2) is 0 Å². The number of hydrogen-bond donors (Lipinski definition) is 2. The molecule has 0 radical (unpaired) electrons. The van der Waals surface area contributed by atoms with E-state index in [9.17, 15) is 9.59 Å². The highest BCUT2D eigenvalue weighted by Gasteiger charge is 2.35. The van der Waals surface area contributed by atoms with Crippen molar-refractivity contribution in [3.63, 3.8) is 0 Å². The van der Waals surface area contributed by atoms with Crippen LogP contribution in [0.5, 0.6) is 0 Å². The van der Waals surface area contributed by atoms with E-state index >= 15 is 0 Å². The molecule has 2 fully saturated rings. The maximum Gasteiger partial charge on any atom is 0.315 e. The van der Waals surface area contributed by atoms with Crippen LogP contribution in [0.4, 0.5) is 10.5 Å². The van der Waals surface area contributed by atoms with E-state index in [1.54, 1.807) is 4.90 Å². The van der Waals surface area contributed by atoms with Crippen molar-refractivity contribution in [1.29, 1.82) is 0 Å². The topological polar surface area (TPSA) is 61.4 Å². The maximum atomic E-state index is 12.5. The summed E-state index contributed by atoms with van der Waals surface area (Å²) in [4.78, 5) is 26.7. The average Bonchev–Trinajstić information content (AvgIpc) is 2.88. The Morgan fingerprint density at radius 1 is 1.11 bits per heavy atom. The summed E-state index contributed by atoms with van der Waals surface area (Å²) >= 11 is 0. The Morgan fingerprint density at radius 3 is 2.48 bits per heavy atom. The van der Waals surface area contributed by atoms with E-state index in [1.165, 1.54) is 17.5 Å². The minimum Gasteiger partial charge on any atom is -0.335 e. The summed E-state index contributed by atoms with van der Waals surface area (Å²) in [6.45, 7) is 11.4. The molecular weight excluding hydrogens is 338 g/mol. The fraction of sp³-hybridized carbons (Fsp3) is 0.636. The van der Waals surface area contributed by atoms with Crippen molar-refractivity contribution < 1.29 is 9.59 Å². The Balaban J connectivity index is 1.56. The number of hydrogen-bond acceptors (Lipinski definition) is 2. The van der Waals surface area contributed by atoms with E-state index in [-0.39, 0.29) is 29.4 Å². The Kier molecular flexibility index (Phi) is 5.50. The number of rotatable bonds is 3. The van der Waals surface area contributed by atoms with Gasteiger partial charge in [-0.3, -0.25) is 4.79 Å². The molecule has 0 aromatic heterocycles. The van der Waals surface area contributed by atoms with Crippen molar-refractivity contribution >= 4 is 17.6 Å². The third kappa shape index (κ3) is 4.82. The monoisotopic (exact) mass is 371 g/mol. The number of amides is 3. The van der Waals surface area contributed by atoms with Crippen LogP contribution in [-0.2, 0) is 4.79 Å². The van der Waals surface area contributed by atoms with Crippen molar-refractivity contribution in [1.82, 2.24) is 10.6 Å². The molecule has 2 N–H and O–H groups in total. The van der Waals surface area contributed by atoms with Gasteiger partial charge in [0.25, 0.3) is 0 Å². The molecule has 148 valence electrons. The Labute approximate surface area is 162 Å². The van der Waals surface area contributed by atoms with Gasteiger partial charge >= 0.3 is 6.03 Å². The van der Waals surface area contributed by atoms with Crippen molar-refractivity contribution in [2.24, 2.45) is 11.3 Å². The molecule has 1 aromatic rings. The first kappa shape index (κ1) is 19.7. The highest BCUT2D eigenvalue weighted by Crippen LogP contribution is 2.38. The first-order chi connectivity index (χ1) is 12.6. The molecule has 5 nitrogen and oxygen atoms in total. The molecule has 1 aliphatic heterocycles. The van der Waals surface area contributed by atoms with Crippen molar-refractivity contribution in [3.05, 3.63) is 29.3 Å². The first-order valence-electron chi connectivity index (χ1n) is 10.1. The number of benzene rings is 1. The highest BCUT2D eigenvalue weighted by molar-refractivity contribution is 5.96. The second kappa shape index (κ2) is 7.53. The Morgan fingerprint density at radius 2 is 1.81 bits per heavy atom. The standard InChI is InChI=1S/C22H33N3O2/c1-14-8-17(12-22(4,5)11-14)23-21(27)24-18-10-20(26)25(13-18)19-7-6-15(2)16(3)9-19/h6-7,9,14,17-18H,8,10-13H2,1-5H3,(H2,23,24,27). The summed E-state index contributed by atoms with van der Waals surface area (Å²) in [5.41, 5.74) is 3.56. The predicted octanol–water partition coefficient (Wildman–Crippen LogP) is 3.92. The molecule has 1 heterocycles. The summed E-state index contributed by atoms with van der Waals surface area (Å²) in [7, 11) is 0. The predicted molar refractivity (Wildman–Crippen MR) is 109 cm³/mol. The van der Waals surface area contributed by atoms with Crippen LogP contribution in [0.3, 0.4) is 0 Å². The van der Waals surface area contributed by atoms with Crippen molar-refractivity contribution in [2.45, 2.75) is 72.4 Å². The van der Waals surface area contributed by atoms with Gasteiger partial charge in [-0.25, -0.2) is 4.79 Å². The normalized spacial score (nSPS) is 27.5. The fourth-order valence-corrected chi connectivity index (χ4v) is 4.82. The fourth-order valence-electron chi connectivity index (χ4n) is 4.82. The number of nitrogens with one attached hydrogen (secondary N) is 2. The van der Waals surface area contributed by atoms with Crippen LogP contribution in [0.25, 0.3) is 0 Å². The molecule has 5 heteroatoms. The van der Waals surface area contributed by atoms with Crippen molar-refractivity contribution in [2.75, 3.05) is 11.4 Å². The Hall–Kier alpha value is -2.04. The number of urea groups is 1. The van der Waals surface area contributed by atoms with Crippen LogP contribution in [0, 0.1) is 25.2 Å². The van der Waals surface area contributed by atoms with Gasteiger partial charge < -0.3 is 15.5 Å². The lowest BCUT2D eigenvalue weighted by Crippen LogP contribution is -2.50. The number of anilines is 1. The van der Waals surface area contributed by atoms with Crippen molar-refractivity contribution in [3.8, 4) is 0 Å². The second-order valence-electron chi connectivity index (χ2n) is 9.40. The highest BCUT2D eigenvalue weighted by atomic mass is 16.2. The van der Waals surface area contributed by atoms with E-state index in [4.69, 9.17) is 0 Å². The molecule has 1 saturated heterocycles. The quantitative estimate of drug-likeness (QED) is 0.846. The first-order valence-corrected chi connectivity index (χ1v) is 10.1. The summed E-state index contributed by atoms with van der Waals surface area (Å²) in [6, 6.07) is 5.97. The molecular formula is C22H33N3O2. The maximum absolute atomic E-state index is 12.5. The molecule has 0 bridgehead atoms. The lowest BCUT2D eigenvalue weighted by molar-refractivity contribution is -0.117. The lowest BCUT2D eigenvalue weighted by Gasteiger charge is -2.39. The molecule has 1 aromatic carbocycles. The number of carbonyl (C=O) groups excluding carboxylic acids is 2. The van der Waals surface area contributed by atoms with Crippen LogP contribution in [0.2, 0.25) is 0 Å². The second-order valence-corrected chi connectivity index (χ2v) is 9.40. The summed E-state index contributed by atoms with van der Waals surface area (Å²) in [5.74, 6) is 0.684. The van der Waals surface area contributed by atoms with Gasteiger partial charge in [-0.15, -0.1) is 0 Å². The number of aryl methyl sites for hydroxylation is 2. The zero-order valence-electron chi connectivity index (χ0n) is 17.3. The van der Waals surface area contributed by atoms with E-state index in [0.717, 1.165) is 18.5 Å². The minimum absolute atomic E-state index is 0.0657. The van der Waals surface area contributed by atoms with Gasteiger partial charge in [-0.1, -0.05) is 26.8 Å². The van der Waals surface area contributed by atoms with Crippen LogP contribution >= 0.6 is 0 Å². The molecule has 3 amide bonds. The minimum atomic E-state index is -0.148. The van der Waals surface area contributed by atoms with Gasteiger partial charge in [-0.05, 0) is 67.7 Å². The molecule has 27 heavy (non-hydrogen) atoms. The Bertz CT molecular complexity index is 728. The summed E-state index contributed by atoms with van der Waals surface area (Å²) < 4.78 is 0. The number of nitrogens with zero attached hydrogens (tertiary/aromatic N) is 1. The van der Waals surface area contributed by atoms with Gasteiger partial charge in [-0.2, -0.15) is 0 Å². The molecule has 1 saturated carbocycles. The van der Waals surface area contributed by atoms with E-state index < -0.39 is 0 Å². The van der Waals surface area contributed by atoms with Gasteiger partial charge in [0, 0.05) is 24.7 Å². The van der Waals surface area contributed by atoms with E-state index in [2.05, 4.69) is 45.3 Å². The number of carbonyl (C=O) groups is 2. The largest absolute Gasteiger partial charge is 0.335 e.